The fourth-order valence-corrected chi connectivity index (χ4v) is 2.17. The van der Waals surface area contributed by atoms with Crippen LogP contribution in [0.4, 0.5) is 4.79 Å². The number of piperidine rings is 1. The second kappa shape index (κ2) is 6.74. The average Bonchev–Trinajstić information content (AvgIpc) is 2.33. The topological polar surface area (TPSA) is 78.9 Å². The van der Waals surface area contributed by atoms with Gasteiger partial charge in [0, 0.05) is 25.7 Å². The van der Waals surface area contributed by atoms with E-state index >= 15 is 0 Å². The van der Waals surface area contributed by atoms with Crippen molar-refractivity contribution in [3.63, 3.8) is 0 Å². The summed E-state index contributed by atoms with van der Waals surface area (Å²) < 4.78 is 5.28. The minimum atomic E-state index is -0.903. The Kier molecular flexibility index (Phi) is 5.56. The predicted molar refractivity (Wildman–Crippen MR) is 75.5 cm³/mol. The van der Waals surface area contributed by atoms with Gasteiger partial charge in [0.05, 0.1) is 5.92 Å². The van der Waals surface area contributed by atoms with Gasteiger partial charge in [0.15, 0.2) is 0 Å². The molecule has 0 spiro atoms. The lowest BCUT2D eigenvalue weighted by Gasteiger charge is -2.37. The number of aliphatic carboxylic acids is 1. The van der Waals surface area contributed by atoms with Crippen LogP contribution in [-0.2, 0) is 9.53 Å². The third kappa shape index (κ3) is 4.85. The number of carbonyl (C=O) groups is 2. The molecule has 0 aromatic carbocycles. The van der Waals surface area contributed by atoms with Crippen molar-refractivity contribution in [2.45, 2.75) is 38.8 Å². The monoisotopic (exact) mass is 284 g/mol. The zero-order chi connectivity index (χ0) is 15.3. The van der Waals surface area contributed by atoms with Gasteiger partial charge in [-0.25, -0.2) is 4.79 Å². The van der Waals surface area contributed by atoms with Crippen LogP contribution in [-0.4, -0.2) is 53.3 Å². The van der Waals surface area contributed by atoms with Crippen molar-refractivity contribution < 1.29 is 19.4 Å². The number of nitrogens with one attached hydrogen (secondary N) is 1. The van der Waals surface area contributed by atoms with Gasteiger partial charge in [-0.1, -0.05) is 6.08 Å². The minimum Gasteiger partial charge on any atom is -0.481 e. The molecule has 2 unspecified atom stereocenters. The number of hydrogen-bond donors (Lipinski definition) is 2. The van der Waals surface area contributed by atoms with Crippen LogP contribution in [0, 0.1) is 5.92 Å². The van der Waals surface area contributed by atoms with Gasteiger partial charge in [0.2, 0.25) is 0 Å². The van der Waals surface area contributed by atoms with Gasteiger partial charge >= 0.3 is 12.1 Å². The first-order valence-corrected chi connectivity index (χ1v) is 6.79. The molecule has 20 heavy (non-hydrogen) atoms. The van der Waals surface area contributed by atoms with E-state index in [1.165, 1.54) is 4.90 Å². The molecule has 2 atom stereocenters. The molecule has 0 aliphatic carbocycles. The summed E-state index contributed by atoms with van der Waals surface area (Å²) in [5.41, 5.74) is -0.576. The smallest absolute Gasteiger partial charge is 0.410 e. The highest BCUT2D eigenvalue weighted by atomic mass is 16.6. The SMILES string of the molecule is C=CCNC1CCN(C(=O)OC(C)(C)C)CC1C(=O)O. The molecule has 1 amide bonds. The number of likely N-dealkylation sites (tertiary alicyclic amines) is 1. The average molecular weight is 284 g/mol. The Morgan fingerprint density at radius 1 is 1.50 bits per heavy atom. The van der Waals surface area contributed by atoms with E-state index in [2.05, 4.69) is 11.9 Å². The normalized spacial score (nSPS) is 23.2. The molecule has 1 heterocycles. The van der Waals surface area contributed by atoms with Crippen molar-refractivity contribution in [2.75, 3.05) is 19.6 Å². The van der Waals surface area contributed by atoms with Crippen LogP contribution >= 0.6 is 0 Å². The molecule has 1 aliphatic rings. The lowest BCUT2D eigenvalue weighted by molar-refractivity contribution is -0.144. The first kappa shape index (κ1) is 16.5. The molecule has 2 N–H and O–H groups in total. The van der Waals surface area contributed by atoms with Crippen molar-refractivity contribution in [1.82, 2.24) is 10.2 Å². The molecule has 0 saturated carbocycles. The van der Waals surface area contributed by atoms with E-state index in [4.69, 9.17) is 4.74 Å². The van der Waals surface area contributed by atoms with Crippen LogP contribution in [0.1, 0.15) is 27.2 Å². The predicted octanol–water partition coefficient (Wildman–Crippen LogP) is 1.47. The van der Waals surface area contributed by atoms with Gasteiger partial charge < -0.3 is 20.1 Å². The zero-order valence-electron chi connectivity index (χ0n) is 12.4. The number of carboxylic acid groups (broad SMARTS) is 1. The summed E-state index contributed by atoms with van der Waals surface area (Å²) in [5.74, 6) is -1.53. The highest BCUT2D eigenvalue weighted by Crippen LogP contribution is 2.20. The van der Waals surface area contributed by atoms with Gasteiger partial charge in [-0.2, -0.15) is 0 Å². The van der Waals surface area contributed by atoms with E-state index in [-0.39, 0.29) is 12.6 Å². The maximum Gasteiger partial charge on any atom is 0.410 e. The van der Waals surface area contributed by atoms with Gasteiger partial charge in [-0.3, -0.25) is 4.79 Å². The molecule has 0 aromatic rings. The summed E-state index contributed by atoms with van der Waals surface area (Å²) in [4.78, 5) is 24.8. The van der Waals surface area contributed by atoms with E-state index in [1.807, 2.05) is 0 Å². The number of carboxylic acids is 1. The van der Waals surface area contributed by atoms with E-state index < -0.39 is 23.6 Å². The first-order chi connectivity index (χ1) is 9.24. The Morgan fingerprint density at radius 2 is 2.15 bits per heavy atom. The number of nitrogens with zero attached hydrogens (tertiary/aromatic N) is 1. The van der Waals surface area contributed by atoms with Crippen molar-refractivity contribution in [3.8, 4) is 0 Å². The lowest BCUT2D eigenvalue weighted by Crippen LogP contribution is -2.54. The molecule has 6 heteroatoms. The van der Waals surface area contributed by atoms with E-state index in [1.54, 1.807) is 26.8 Å². The van der Waals surface area contributed by atoms with Crippen LogP contribution < -0.4 is 5.32 Å². The molecule has 1 saturated heterocycles. The van der Waals surface area contributed by atoms with Crippen LogP contribution in [0.5, 0.6) is 0 Å². The summed E-state index contributed by atoms with van der Waals surface area (Å²) in [6.07, 6.45) is 1.83. The molecular formula is C14H24N2O4. The number of hydrogen-bond acceptors (Lipinski definition) is 4. The largest absolute Gasteiger partial charge is 0.481 e. The molecule has 6 nitrogen and oxygen atoms in total. The van der Waals surface area contributed by atoms with E-state index in [0.717, 1.165) is 0 Å². The maximum atomic E-state index is 12.0. The van der Waals surface area contributed by atoms with Crippen molar-refractivity contribution in [2.24, 2.45) is 5.92 Å². The van der Waals surface area contributed by atoms with E-state index in [0.29, 0.717) is 19.5 Å². The van der Waals surface area contributed by atoms with Gasteiger partial charge in [-0.05, 0) is 27.2 Å². The van der Waals surface area contributed by atoms with Gasteiger partial charge in [0.25, 0.3) is 0 Å². The fraction of sp³-hybridized carbons (Fsp3) is 0.714. The van der Waals surface area contributed by atoms with Crippen molar-refractivity contribution in [1.29, 1.82) is 0 Å². The molecule has 0 aromatic heterocycles. The third-order valence-electron chi connectivity index (χ3n) is 3.11. The van der Waals surface area contributed by atoms with Gasteiger partial charge in [-0.15, -0.1) is 6.58 Å². The number of ether oxygens (including phenoxy) is 1. The van der Waals surface area contributed by atoms with Crippen LogP contribution in [0.2, 0.25) is 0 Å². The Hall–Kier alpha value is -1.56. The standard InChI is InChI=1S/C14H24N2O4/c1-5-7-15-11-6-8-16(9-10(11)12(17)18)13(19)20-14(2,3)4/h5,10-11,15H,1,6-9H2,2-4H3,(H,17,18). The lowest BCUT2D eigenvalue weighted by atomic mass is 9.92. The van der Waals surface area contributed by atoms with Crippen LogP contribution in [0.25, 0.3) is 0 Å². The zero-order valence-corrected chi connectivity index (χ0v) is 12.4. The molecule has 114 valence electrons. The molecule has 1 fully saturated rings. The summed E-state index contributed by atoms with van der Waals surface area (Å²) in [6, 6.07) is -0.149. The fourth-order valence-electron chi connectivity index (χ4n) is 2.17. The summed E-state index contributed by atoms with van der Waals surface area (Å²) in [7, 11) is 0. The Bertz CT molecular complexity index is 376. The number of amides is 1. The Morgan fingerprint density at radius 3 is 2.65 bits per heavy atom. The highest BCUT2D eigenvalue weighted by molar-refractivity contribution is 5.74. The summed E-state index contributed by atoms with van der Waals surface area (Å²) in [5, 5.41) is 12.4. The molecule has 1 aliphatic heterocycles. The van der Waals surface area contributed by atoms with E-state index in [9.17, 15) is 14.7 Å². The van der Waals surface area contributed by atoms with Crippen LogP contribution in [0.15, 0.2) is 12.7 Å². The summed E-state index contributed by atoms with van der Waals surface area (Å²) in [6.45, 7) is 10.2. The minimum absolute atomic E-state index is 0.149. The summed E-state index contributed by atoms with van der Waals surface area (Å²) >= 11 is 0. The molecular weight excluding hydrogens is 260 g/mol. The van der Waals surface area contributed by atoms with Crippen LogP contribution in [0.3, 0.4) is 0 Å². The van der Waals surface area contributed by atoms with Crippen molar-refractivity contribution >= 4 is 12.1 Å². The first-order valence-electron chi connectivity index (χ1n) is 6.79. The maximum absolute atomic E-state index is 12.0. The Labute approximate surface area is 119 Å². The second-order valence-electron chi connectivity index (χ2n) is 5.96. The quantitative estimate of drug-likeness (QED) is 0.764. The Balaban J connectivity index is 2.66. The molecule has 0 radical (unpaired) electrons. The van der Waals surface area contributed by atoms with Gasteiger partial charge in [0.1, 0.15) is 5.60 Å². The number of carbonyl (C=O) groups excluding carboxylic acids is 1. The van der Waals surface area contributed by atoms with Crippen molar-refractivity contribution in [3.05, 3.63) is 12.7 Å². The second-order valence-corrected chi connectivity index (χ2v) is 5.96. The molecule has 0 bridgehead atoms. The molecule has 1 rings (SSSR count). The highest BCUT2D eigenvalue weighted by Gasteiger charge is 2.37. The third-order valence-corrected chi connectivity index (χ3v) is 3.11. The number of rotatable bonds is 4.